The number of pyridine rings is 1. The van der Waals surface area contributed by atoms with Crippen LogP contribution in [0.25, 0.3) is 10.9 Å². The average molecular weight is 448 g/mol. The number of hydrogen-bond donors (Lipinski definition) is 2. The first-order valence-electron chi connectivity index (χ1n) is 11.2. The standard InChI is InChI=1S/C25H25FN4O3/c26-21-4-2-1-3-17(21)15-29-9-11-30(12-10-29)23-14-20(25(32)33)19-13-18(7-8-22(19)28-23)27-24(31)16-5-6-16/h1-4,7-8,13-14,16H,5-6,9-12,15H2,(H,27,31)(H,32,33). The quantitative estimate of drug-likeness (QED) is 0.598. The number of benzene rings is 2. The van der Waals surface area contributed by atoms with E-state index in [1.807, 2.05) is 6.07 Å². The van der Waals surface area contributed by atoms with Crippen LogP contribution in [0.3, 0.4) is 0 Å². The topological polar surface area (TPSA) is 85.8 Å². The highest BCUT2D eigenvalue weighted by Crippen LogP contribution is 2.31. The number of anilines is 2. The van der Waals surface area contributed by atoms with Crippen LogP contribution in [0.5, 0.6) is 0 Å². The van der Waals surface area contributed by atoms with Gasteiger partial charge >= 0.3 is 5.97 Å². The maximum Gasteiger partial charge on any atom is 0.336 e. The molecule has 0 radical (unpaired) electrons. The molecule has 1 aromatic heterocycles. The van der Waals surface area contributed by atoms with Gasteiger partial charge in [0.15, 0.2) is 0 Å². The molecule has 2 aromatic carbocycles. The summed E-state index contributed by atoms with van der Waals surface area (Å²) in [5, 5.41) is 13.2. The zero-order chi connectivity index (χ0) is 22.9. The number of aromatic nitrogens is 1. The third-order valence-corrected chi connectivity index (χ3v) is 6.29. The molecule has 1 amide bonds. The lowest BCUT2D eigenvalue weighted by molar-refractivity contribution is -0.117. The van der Waals surface area contributed by atoms with Gasteiger partial charge in [0.1, 0.15) is 11.6 Å². The summed E-state index contributed by atoms with van der Waals surface area (Å²) in [6, 6.07) is 13.6. The molecule has 2 heterocycles. The van der Waals surface area contributed by atoms with E-state index < -0.39 is 5.97 Å². The van der Waals surface area contributed by atoms with Crippen molar-refractivity contribution in [2.75, 3.05) is 36.4 Å². The van der Waals surface area contributed by atoms with E-state index in [-0.39, 0.29) is 23.2 Å². The summed E-state index contributed by atoms with van der Waals surface area (Å²) in [4.78, 5) is 33.0. The Bertz CT molecular complexity index is 1220. The molecule has 1 saturated heterocycles. The van der Waals surface area contributed by atoms with Gasteiger partial charge in [-0.3, -0.25) is 9.69 Å². The maximum atomic E-state index is 14.0. The van der Waals surface area contributed by atoms with E-state index in [0.717, 1.165) is 25.9 Å². The minimum atomic E-state index is -1.03. The van der Waals surface area contributed by atoms with Crippen molar-refractivity contribution in [1.29, 1.82) is 0 Å². The Labute approximate surface area is 190 Å². The van der Waals surface area contributed by atoms with E-state index in [1.165, 1.54) is 6.07 Å². The van der Waals surface area contributed by atoms with Crippen LogP contribution in [0.4, 0.5) is 15.9 Å². The minimum absolute atomic E-state index is 0.0240. The van der Waals surface area contributed by atoms with Crippen LogP contribution in [0.15, 0.2) is 48.5 Å². The average Bonchev–Trinajstić information content (AvgIpc) is 3.66. The lowest BCUT2D eigenvalue weighted by atomic mass is 10.1. The van der Waals surface area contributed by atoms with Gasteiger partial charge in [-0.1, -0.05) is 18.2 Å². The molecule has 0 atom stereocenters. The summed E-state index contributed by atoms with van der Waals surface area (Å²) in [6.07, 6.45) is 1.80. The molecular weight excluding hydrogens is 423 g/mol. The predicted molar refractivity (Wildman–Crippen MR) is 124 cm³/mol. The molecule has 33 heavy (non-hydrogen) atoms. The van der Waals surface area contributed by atoms with Crippen molar-refractivity contribution in [2.24, 2.45) is 5.92 Å². The molecule has 8 heteroatoms. The number of hydrogen-bond acceptors (Lipinski definition) is 5. The molecule has 5 rings (SSSR count). The van der Waals surface area contributed by atoms with Gasteiger partial charge in [0.25, 0.3) is 0 Å². The summed E-state index contributed by atoms with van der Waals surface area (Å²) in [5.41, 5.74) is 1.99. The third kappa shape index (κ3) is 4.66. The minimum Gasteiger partial charge on any atom is -0.478 e. The highest BCUT2D eigenvalue weighted by Gasteiger charge is 2.29. The number of amides is 1. The Morgan fingerprint density at radius 3 is 2.52 bits per heavy atom. The molecule has 170 valence electrons. The van der Waals surface area contributed by atoms with E-state index in [0.29, 0.717) is 47.6 Å². The first-order chi connectivity index (χ1) is 16.0. The Hall–Kier alpha value is -3.52. The molecule has 1 aliphatic carbocycles. The number of nitrogens with zero attached hydrogens (tertiary/aromatic N) is 3. The van der Waals surface area contributed by atoms with Gasteiger partial charge in [0, 0.05) is 55.3 Å². The van der Waals surface area contributed by atoms with Crippen LogP contribution in [0.1, 0.15) is 28.8 Å². The normalized spacial score (nSPS) is 16.7. The van der Waals surface area contributed by atoms with Crippen LogP contribution >= 0.6 is 0 Å². The largest absolute Gasteiger partial charge is 0.478 e. The summed E-state index contributed by atoms with van der Waals surface area (Å²) in [5.74, 6) is -0.580. The number of piperazine rings is 1. The van der Waals surface area contributed by atoms with Gasteiger partial charge in [-0.05, 0) is 43.2 Å². The molecule has 2 N–H and O–H groups in total. The van der Waals surface area contributed by atoms with Crippen molar-refractivity contribution in [3.05, 3.63) is 65.5 Å². The van der Waals surface area contributed by atoms with E-state index >= 15 is 0 Å². The number of halogens is 1. The Kier molecular flexibility index (Phi) is 5.68. The molecule has 1 aliphatic heterocycles. The second kappa shape index (κ2) is 8.78. The molecule has 2 aliphatic rings. The van der Waals surface area contributed by atoms with Crippen molar-refractivity contribution in [2.45, 2.75) is 19.4 Å². The zero-order valence-corrected chi connectivity index (χ0v) is 18.1. The summed E-state index contributed by atoms with van der Waals surface area (Å²) < 4.78 is 14.0. The Balaban J connectivity index is 1.33. The first kappa shape index (κ1) is 21.3. The monoisotopic (exact) mass is 448 g/mol. The van der Waals surface area contributed by atoms with E-state index in [9.17, 15) is 19.1 Å². The Morgan fingerprint density at radius 1 is 1.06 bits per heavy atom. The summed E-state index contributed by atoms with van der Waals surface area (Å²) >= 11 is 0. The maximum absolute atomic E-state index is 14.0. The van der Waals surface area contributed by atoms with Crippen molar-refractivity contribution < 1.29 is 19.1 Å². The van der Waals surface area contributed by atoms with Gasteiger partial charge in [-0.15, -0.1) is 0 Å². The number of aromatic carboxylic acids is 1. The number of carboxylic acid groups (broad SMARTS) is 1. The zero-order valence-electron chi connectivity index (χ0n) is 18.1. The highest BCUT2D eigenvalue weighted by molar-refractivity contribution is 6.05. The third-order valence-electron chi connectivity index (χ3n) is 6.29. The smallest absolute Gasteiger partial charge is 0.336 e. The number of carbonyl (C=O) groups excluding carboxylic acids is 1. The molecule has 7 nitrogen and oxygen atoms in total. The van der Waals surface area contributed by atoms with E-state index in [2.05, 4.69) is 15.1 Å². The van der Waals surface area contributed by atoms with Crippen LogP contribution in [-0.2, 0) is 11.3 Å². The fourth-order valence-corrected chi connectivity index (χ4v) is 4.22. The van der Waals surface area contributed by atoms with Gasteiger partial charge in [-0.2, -0.15) is 0 Å². The van der Waals surface area contributed by atoms with Crippen LogP contribution in [0, 0.1) is 11.7 Å². The van der Waals surface area contributed by atoms with Crippen molar-refractivity contribution in [1.82, 2.24) is 9.88 Å². The molecule has 0 spiro atoms. The summed E-state index contributed by atoms with van der Waals surface area (Å²) in [7, 11) is 0. The SMILES string of the molecule is O=C(O)c1cc(N2CCN(Cc3ccccc3F)CC2)nc2ccc(NC(=O)C3CC3)cc12. The number of carboxylic acids is 1. The van der Waals surface area contributed by atoms with Gasteiger partial charge in [0.05, 0.1) is 11.1 Å². The number of rotatable bonds is 6. The second-order valence-corrected chi connectivity index (χ2v) is 8.68. The van der Waals surface area contributed by atoms with Crippen LogP contribution in [-0.4, -0.2) is 53.0 Å². The lowest BCUT2D eigenvalue weighted by Gasteiger charge is -2.35. The van der Waals surface area contributed by atoms with Gasteiger partial charge in [0.2, 0.25) is 5.91 Å². The molecule has 2 fully saturated rings. The molecule has 0 bridgehead atoms. The van der Waals surface area contributed by atoms with E-state index in [4.69, 9.17) is 4.98 Å². The van der Waals surface area contributed by atoms with Crippen LogP contribution in [0.2, 0.25) is 0 Å². The molecule has 1 saturated carbocycles. The Morgan fingerprint density at radius 2 is 1.82 bits per heavy atom. The highest BCUT2D eigenvalue weighted by atomic mass is 19.1. The number of nitrogens with one attached hydrogen (secondary N) is 1. The molecule has 3 aromatic rings. The molecule has 0 unspecified atom stereocenters. The second-order valence-electron chi connectivity index (χ2n) is 8.68. The van der Waals surface area contributed by atoms with Crippen LogP contribution < -0.4 is 10.2 Å². The van der Waals surface area contributed by atoms with Crippen molar-refractivity contribution in [3.63, 3.8) is 0 Å². The lowest BCUT2D eigenvalue weighted by Crippen LogP contribution is -2.46. The number of carbonyl (C=O) groups is 2. The predicted octanol–water partition coefficient (Wildman–Crippen LogP) is 3.74. The summed E-state index contributed by atoms with van der Waals surface area (Å²) in [6.45, 7) is 3.33. The van der Waals surface area contributed by atoms with Gasteiger partial charge < -0.3 is 15.3 Å². The van der Waals surface area contributed by atoms with Crippen molar-refractivity contribution >= 4 is 34.3 Å². The van der Waals surface area contributed by atoms with Gasteiger partial charge in [-0.25, -0.2) is 14.2 Å². The molecular formula is C25H25FN4O3. The number of fused-ring (bicyclic) bond motifs is 1. The fraction of sp³-hybridized carbons (Fsp3) is 0.320. The fourth-order valence-electron chi connectivity index (χ4n) is 4.22. The first-order valence-corrected chi connectivity index (χ1v) is 11.2. The van der Waals surface area contributed by atoms with Crippen molar-refractivity contribution in [3.8, 4) is 0 Å². The van der Waals surface area contributed by atoms with E-state index in [1.54, 1.807) is 36.4 Å².